The summed E-state index contributed by atoms with van der Waals surface area (Å²) >= 11 is 1.83. The highest BCUT2D eigenvalue weighted by Crippen LogP contribution is 2.46. The van der Waals surface area contributed by atoms with Gasteiger partial charge in [-0.1, -0.05) is 36.6 Å². The zero-order chi connectivity index (χ0) is 17.5. The second-order valence-corrected chi connectivity index (χ2v) is 8.39. The number of hydrogen-bond acceptors (Lipinski definition) is 3. The van der Waals surface area contributed by atoms with E-state index in [2.05, 4.69) is 17.5 Å². The van der Waals surface area contributed by atoms with Gasteiger partial charge in [0.25, 0.3) is 0 Å². The first-order valence-corrected chi connectivity index (χ1v) is 10.5. The van der Waals surface area contributed by atoms with Crippen LogP contribution in [0.1, 0.15) is 60.6 Å². The number of allylic oxidation sites excluding steroid dienone is 2. The predicted molar refractivity (Wildman–Crippen MR) is 108 cm³/mol. The molecule has 132 valence electrons. The van der Waals surface area contributed by atoms with E-state index in [4.69, 9.17) is 4.42 Å². The molecule has 5 rings (SSSR count). The Morgan fingerprint density at radius 3 is 2.65 bits per heavy atom. The van der Waals surface area contributed by atoms with Gasteiger partial charge in [0.05, 0.1) is 10.9 Å². The minimum atomic E-state index is 0.166. The maximum atomic E-state index is 13.3. The highest BCUT2D eigenvalue weighted by Gasteiger charge is 2.32. The lowest BCUT2D eigenvalue weighted by atomic mass is 9.75. The van der Waals surface area contributed by atoms with Crippen molar-refractivity contribution >= 4 is 27.9 Å². The van der Waals surface area contributed by atoms with Gasteiger partial charge in [-0.25, -0.2) is 0 Å². The molecule has 3 heteroatoms. The molecule has 2 aliphatic carbocycles. The molecule has 3 aromatic rings. The lowest BCUT2D eigenvalue weighted by Gasteiger charge is -2.30. The molecule has 1 atom stereocenters. The van der Waals surface area contributed by atoms with Crippen molar-refractivity contribution in [1.82, 2.24) is 0 Å². The van der Waals surface area contributed by atoms with Crippen LogP contribution in [-0.4, -0.2) is 0 Å². The van der Waals surface area contributed by atoms with E-state index in [1.165, 1.54) is 41.7 Å². The van der Waals surface area contributed by atoms with Crippen molar-refractivity contribution in [3.8, 4) is 0 Å². The zero-order valence-electron chi connectivity index (χ0n) is 14.8. The highest BCUT2D eigenvalue weighted by atomic mass is 32.1. The van der Waals surface area contributed by atoms with Gasteiger partial charge in [-0.3, -0.25) is 4.79 Å². The van der Waals surface area contributed by atoms with Gasteiger partial charge < -0.3 is 4.42 Å². The van der Waals surface area contributed by atoms with E-state index in [1.807, 2.05) is 35.6 Å². The molecule has 2 aromatic heterocycles. The largest absolute Gasteiger partial charge is 0.460 e. The fourth-order valence-electron chi connectivity index (χ4n) is 4.66. The Morgan fingerprint density at radius 2 is 1.81 bits per heavy atom. The Hall–Kier alpha value is -2.13. The van der Waals surface area contributed by atoms with Crippen LogP contribution in [-0.2, 0) is 6.42 Å². The van der Waals surface area contributed by atoms with Crippen molar-refractivity contribution in [2.24, 2.45) is 0 Å². The van der Waals surface area contributed by atoms with Gasteiger partial charge in [-0.05, 0) is 54.8 Å². The van der Waals surface area contributed by atoms with Crippen molar-refractivity contribution in [2.45, 2.75) is 50.9 Å². The van der Waals surface area contributed by atoms with Crippen molar-refractivity contribution in [1.29, 1.82) is 0 Å². The van der Waals surface area contributed by atoms with E-state index in [9.17, 15) is 4.79 Å². The zero-order valence-corrected chi connectivity index (χ0v) is 15.6. The van der Waals surface area contributed by atoms with Gasteiger partial charge in [0.15, 0.2) is 5.43 Å². The molecule has 0 radical (unpaired) electrons. The minimum absolute atomic E-state index is 0.166. The van der Waals surface area contributed by atoms with Crippen molar-refractivity contribution in [3.63, 3.8) is 0 Å². The monoisotopic (exact) mass is 362 g/mol. The van der Waals surface area contributed by atoms with Crippen LogP contribution in [0.3, 0.4) is 0 Å². The minimum Gasteiger partial charge on any atom is -0.460 e. The fourth-order valence-corrected chi connectivity index (χ4v) is 5.52. The molecule has 2 aliphatic rings. The summed E-state index contributed by atoms with van der Waals surface area (Å²) in [6.45, 7) is 0. The molecule has 0 saturated carbocycles. The summed E-state index contributed by atoms with van der Waals surface area (Å²) in [6, 6.07) is 12.1. The highest BCUT2D eigenvalue weighted by molar-refractivity contribution is 7.10. The molecule has 1 aromatic carbocycles. The lowest BCUT2D eigenvalue weighted by molar-refractivity contribution is 0.500. The van der Waals surface area contributed by atoms with Gasteiger partial charge >= 0.3 is 0 Å². The second kappa shape index (κ2) is 6.55. The van der Waals surface area contributed by atoms with Crippen LogP contribution in [0.15, 0.2) is 56.6 Å². The first kappa shape index (κ1) is 16.1. The number of para-hydroxylation sites is 1. The van der Waals surface area contributed by atoms with Crippen LogP contribution in [0.25, 0.3) is 16.5 Å². The van der Waals surface area contributed by atoms with Crippen LogP contribution in [0.2, 0.25) is 0 Å². The van der Waals surface area contributed by atoms with E-state index in [1.54, 1.807) is 0 Å². The number of hydrogen-bond donors (Lipinski definition) is 0. The molecule has 0 bridgehead atoms. The molecule has 0 saturated heterocycles. The van der Waals surface area contributed by atoms with Gasteiger partial charge in [-0.15, -0.1) is 11.3 Å². The smallest absolute Gasteiger partial charge is 0.200 e. The van der Waals surface area contributed by atoms with Crippen molar-refractivity contribution < 1.29 is 4.42 Å². The maximum Gasteiger partial charge on any atom is 0.200 e. The average Bonchev–Trinajstić information content (AvgIpc) is 3.16. The molecule has 26 heavy (non-hydrogen) atoms. The third-order valence-corrected chi connectivity index (χ3v) is 6.87. The van der Waals surface area contributed by atoms with Gasteiger partial charge in [0, 0.05) is 17.2 Å². The summed E-state index contributed by atoms with van der Waals surface area (Å²) in [7, 11) is 0. The summed E-state index contributed by atoms with van der Waals surface area (Å²) in [5.41, 5.74) is 4.56. The van der Waals surface area contributed by atoms with E-state index in [-0.39, 0.29) is 5.43 Å². The standard InChI is InChI=1S/C23H22O2S/c24-23-17-10-5-6-11-19(17)25-20-14-18(21-12-7-13-26-21)15-8-3-1-2-4-9-16(15)22(20)23/h5-7,10-13,18H,1-4,8-9,14H2. The molecule has 0 amide bonds. The second-order valence-electron chi connectivity index (χ2n) is 7.42. The Balaban J connectivity index is 1.78. The molecule has 0 fully saturated rings. The summed E-state index contributed by atoms with van der Waals surface area (Å²) in [6.07, 6.45) is 7.89. The first-order valence-electron chi connectivity index (χ1n) is 9.63. The summed E-state index contributed by atoms with van der Waals surface area (Å²) < 4.78 is 6.28. The van der Waals surface area contributed by atoms with E-state index in [0.29, 0.717) is 5.92 Å². The third-order valence-electron chi connectivity index (χ3n) is 5.88. The van der Waals surface area contributed by atoms with Crippen LogP contribution in [0.4, 0.5) is 0 Å². The lowest BCUT2D eigenvalue weighted by Crippen LogP contribution is -2.22. The molecule has 2 nitrogen and oxygen atoms in total. The Labute approximate surface area is 157 Å². The fraction of sp³-hybridized carbons (Fsp3) is 0.348. The van der Waals surface area contributed by atoms with E-state index in [0.717, 1.165) is 41.6 Å². The molecular formula is C23H22O2S. The summed E-state index contributed by atoms with van der Waals surface area (Å²) in [4.78, 5) is 14.7. The number of thiophene rings is 1. The molecular weight excluding hydrogens is 340 g/mol. The normalized spacial score (nSPS) is 20.4. The van der Waals surface area contributed by atoms with Crippen LogP contribution < -0.4 is 5.43 Å². The Bertz CT molecular complexity index is 1040. The summed E-state index contributed by atoms with van der Waals surface area (Å²) in [5, 5.41) is 2.87. The van der Waals surface area contributed by atoms with E-state index < -0.39 is 0 Å². The molecule has 0 spiro atoms. The molecule has 1 unspecified atom stereocenters. The van der Waals surface area contributed by atoms with Crippen LogP contribution in [0.5, 0.6) is 0 Å². The molecule has 0 aliphatic heterocycles. The number of benzene rings is 1. The average molecular weight is 362 g/mol. The predicted octanol–water partition coefficient (Wildman–Crippen LogP) is 6.30. The quantitative estimate of drug-likeness (QED) is 0.508. The topological polar surface area (TPSA) is 30.2 Å². The van der Waals surface area contributed by atoms with Crippen LogP contribution in [0, 0.1) is 0 Å². The van der Waals surface area contributed by atoms with Gasteiger partial charge in [0.2, 0.25) is 0 Å². The van der Waals surface area contributed by atoms with E-state index >= 15 is 0 Å². The van der Waals surface area contributed by atoms with Gasteiger partial charge in [-0.2, -0.15) is 0 Å². The maximum absolute atomic E-state index is 13.3. The molecule has 0 N–H and O–H groups in total. The van der Waals surface area contributed by atoms with Crippen LogP contribution >= 0.6 is 11.3 Å². The Morgan fingerprint density at radius 1 is 0.962 bits per heavy atom. The first-order chi connectivity index (χ1) is 12.8. The number of rotatable bonds is 1. The summed E-state index contributed by atoms with van der Waals surface area (Å²) in [5.74, 6) is 1.27. The Kier molecular flexibility index (Phi) is 4.05. The van der Waals surface area contributed by atoms with Crippen molar-refractivity contribution in [2.75, 3.05) is 0 Å². The third kappa shape index (κ3) is 2.57. The van der Waals surface area contributed by atoms with Crippen molar-refractivity contribution in [3.05, 3.63) is 73.8 Å². The number of fused-ring (bicyclic) bond motifs is 3. The molecule has 2 heterocycles. The SMILES string of the molecule is O=c1c2c(oc3ccccc13)CC(c1cccs1)C1=C2CCCCCC1. The van der Waals surface area contributed by atoms with Gasteiger partial charge in [0.1, 0.15) is 11.3 Å².